The lowest BCUT2D eigenvalue weighted by molar-refractivity contribution is 0.478. The number of benzene rings is 4. The summed E-state index contributed by atoms with van der Waals surface area (Å²) in [4.78, 5) is 0. The maximum Gasteiger partial charge on any atom is 0.130 e. The van der Waals surface area contributed by atoms with Crippen molar-refractivity contribution in [1.29, 1.82) is 0 Å². The number of fused-ring (bicyclic) bond motifs is 1. The second-order valence-electron chi connectivity index (χ2n) is 6.92. The summed E-state index contributed by atoms with van der Waals surface area (Å²) >= 11 is 0. The standard InChI is InChI=1S/C24H22N2O2/c1-15-11-19(25)5-9-23(15)27-21-7-3-17-4-8-22(14-18(17)13-21)28-24-10-6-20(26)12-16(24)2/h3-14H,25-26H2,1-2H3. The molecule has 0 heterocycles. The van der Waals surface area contributed by atoms with Crippen LogP contribution in [0.3, 0.4) is 0 Å². The molecular weight excluding hydrogens is 348 g/mol. The van der Waals surface area contributed by atoms with Gasteiger partial charge in [0.05, 0.1) is 0 Å². The Morgan fingerprint density at radius 3 is 1.43 bits per heavy atom. The summed E-state index contributed by atoms with van der Waals surface area (Å²) in [6, 6.07) is 23.3. The molecule has 0 unspecified atom stereocenters. The average molecular weight is 370 g/mol. The van der Waals surface area contributed by atoms with Gasteiger partial charge in [-0.1, -0.05) is 12.1 Å². The van der Waals surface area contributed by atoms with Crippen molar-refractivity contribution < 1.29 is 9.47 Å². The van der Waals surface area contributed by atoms with Crippen LogP contribution in [0.1, 0.15) is 11.1 Å². The van der Waals surface area contributed by atoms with Gasteiger partial charge in [-0.2, -0.15) is 0 Å². The summed E-state index contributed by atoms with van der Waals surface area (Å²) in [5.74, 6) is 3.11. The van der Waals surface area contributed by atoms with Crippen molar-refractivity contribution in [2.45, 2.75) is 13.8 Å². The van der Waals surface area contributed by atoms with Gasteiger partial charge in [-0.25, -0.2) is 0 Å². The zero-order valence-electron chi connectivity index (χ0n) is 15.9. The van der Waals surface area contributed by atoms with Crippen LogP contribution in [0.4, 0.5) is 11.4 Å². The van der Waals surface area contributed by atoms with Gasteiger partial charge in [0.15, 0.2) is 0 Å². The van der Waals surface area contributed by atoms with E-state index < -0.39 is 0 Å². The van der Waals surface area contributed by atoms with Gasteiger partial charge in [-0.05, 0) is 96.4 Å². The van der Waals surface area contributed by atoms with Crippen molar-refractivity contribution in [2.24, 2.45) is 0 Å². The molecule has 4 aromatic carbocycles. The predicted molar refractivity (Wildman–Crippen MR) is 115 cm³/mol. The molecule has 0 aliphatic heterocycles. The van der Waals surface area contributed by atoms with Gasteiger partial charge in [0.1, 0.15) is 23.0 Å². The number of nitrogen functional groups attached to an aromatic ring is 2. The smallest absolute Gasteiger partial charge is 0.130 e. The van der Waals surface area contributed by atoms with E-state index in [9.17, 15) is 0 Å². The molecular formula is C24H22N2O2. The van der Waals surface area contributed by atoms with E-state index in [0.29, 0.717) is 0 Å². The first-order valence-corrected chi connectivity index (χ1v) is 9.10. The highest BCUT2D eigenvalue weighted by Crippen LogP contribution is 2.32. The predicted octanol–water partition coefficient (Wildman–Crippen LogP) is 6.21. The molecule has 0 saturated carbocycles. The van der Waals surface area contributed by atoms with E-state index in [4.69, 9.17) is 20.9 Å². The van der Waals surface area contributed by atoms with E-state index in [0.717, 1.165) is 56.3 Å². The largest absolute Gasteiger partial charge is 0.457 e. The maximum atomic E-state index is 6.05. The van der Waals surface area contributed by atoms with Gasteiger partial charge in [0.25, 0.3) is 0 Å². The number of rotatable bonds is 4. The maximum absolute atomic E-state index is 6.05. The Morgan fingerprint density at radius 2 is 1.00 bits per heavy atom. The highest BCUT2D eigenvalue weighted by molar-refractivity contribution is 5.85. The fourth-order valence-electron chi connectivity index (χ4n) is 3.16. The average Bonchev–Trinajstić information content (AvgIpc) is 2.66. The lowest BCUT2D eigenvalue weighted by Crippen LogP contribution is -1.91. The highest BCUT2D eigenvalue weighted by atomic mass is 16.5. The first kappa shape index (κ1) is 17.7. The van der Waals surface area contributed by atoms with E-state index >= 15 is 0 Å². The molecule has 4 nitrogen and oxygen atoms in total. The van der Waals surface area contributed by atoms with Crippen LogP contribution in [-0.2, 0) is 0 Å². The molecule has 0 aliphatic rings. The molecule has 0 radical (unpaired) electrons. The summed E-state index contributed by atoms with van der Waals surface area (Å²) in [7, 11) is 0. The monoisotopic (exact) mass is 370 g/mol. The molecule has 4 heteroatoms. The summed E-state index contributed by atoms with van der Waals surface area (Å²) in [6.45, 7) is 3.96. The second-order valence-corrected chi connectivity index (χ2v) is 6.92. The first-order chi connectivity index (χ1) is 13.5. The van der Waals surface area contributed by atoms with Crippen molar-refractivity contribution in [2.75, 3.05) is 11.5 Å². The van der Waals surface area contributed by atoms with Crippen LogP contribution in [-0.4, -0.2) is 0 Å². The molecule has 4 N–H and O–H groups in total. The van der Waals surface area contributed by atoms with Gasteiger partial charge in [-0.15, -0.1) is 0 Å². The van der Waals surface area contributed by atoms with E-state index in [1.807, 2.05) is 86.6 Å². The normalized spacial score (nSPS) is 10.8. The third-order valence-corrected chi connectivity index (χ3v) is 4.64. The van der Waals surface area contributed by atoms with Gasteiger partial charge in [-0.3, -0.25) is 0 Å². The fourth-order valence-corrected chi connectivity index (χ4v) is 3.16. The molecule has 140 valence electrons. The van der Waals surface area contributed by atoms with Gasteiger partial charge in [0, 0.05) is 11.4 Å². The minimum atomic E-state index is 0.725. The second kappa shape index (κ2) is 7.16. The number of aryl methyl sites for hydroxylation is 2. The quantitative estimate of drug-likeness (QED) is 0.419. The van der Waals surface area contributed by atoms with Crippen LogP contribution in [0, 0.1) is 13.8 Å². The molecule has 0 saturated heterocycles. The highest BCUT2D eigenvalue weighted by Gasteiger charge is 2.06. The SMILES string of the molecule is Cc1cc(N)ccc1Oc1ccc2ccc(Oc3ccc(N)cc3C)cc2c1. The van der Waals surface area contributed by atoms with Crippen LogP contribution in [0.15, 0.2) is 72.8 Å². The zero-order chi connectivity index (χ0) is 19.7. The summed E-state index contributed by atoms with van der Waals surface area (Å²) in [5.41, 5.74) is 15.1. The Morgan fingerprint density at radius 1 is 0.536 bits per heavy atom. The van der Waals surface area contributed by atoms with Crippen molar-refractivity contribution in [3.05, 3.63) is 83.9 Å². The van der Waals surface area contributed by atoms with E-state index in [2.05, 4.69) is 0 Å². The molecule has 4 aromatic rings. The molecule has 0 atom stereocenters. The van der Waals surface area contributed by atoms with Crippen LogP contribution >= 0.6 is 0 Å². The molecule has 0 aromatic heterocycles. The van der Waals surface area contributed by atoms with Gasteiger partial charge in [0.2, 0.25) is 0 Å². The number of hydrogen-bond acceptors (Lipinski definition) is 4. The topological polar surface area (TPSA) is 70.5 Å². The van der Waals surface area contributed by atoms with E-state index in [1.54, 1.807) is 0 Å². The minimum Gasteiger partial charge on any atom is -0.457 e. The summed E-state index contributed by atoms with van der Waals surface area (Å²) in [5, 5.41) is 2.15. The Kier molecular flexibility index (Phi) is 4.53. The van der Waals surface area contributed by atoms with Crippen molar-refractivity contribution in [3.8, 4) is 23.0 Å². The number of nitrogens with two attached hydrogens (primary N) is 2. The third-order valence-electron chi connectivity index (χ3n) is 4.64. The molecule has 0 aliphatic carbocycles. The summed E-state index contributed by atoms with van der Waals surface area (Å²) < 4.78 is 12.1. The third kappa shape index (κ3) is 3.71. The van der Waals surface area contributed by atoms with Crippen molar-refractivity contribution >= 4 is 22.1 Å². The molecule has 0 bridgehead atoms. The van der Waals surface area contributed by atoms with Crippen LogP contribution < -0.4 is 20.9 Å². The van der Waals surface area contributed by atoms with Crippen LogP contribution in [0.2, 0.25) is 0 Å². The Labute approximate surface area is 164 Å². The van der Waals surface area contributed by atoms with Crippen molar-refractivity contribution in [3.63, 3.8) is 0 Å². The molecule has 0 fully saturated rings. The lowest BCUT2D eigenvalue weighted by atomic mass is 10.1. The molecule has 4 rings (SSSR count). The van der Waals surface area contributed by atoms with Gasteiger partial charge < -0.3 is 20.9 Å². The van der Waals surface area contributed by atoms with Gasteiger partial charge >= 0.3 is 0 Å². The van der Waals surface area contributed by atoms with Crippen LogP contribution in [0.25, 0.3) is 10.8 Å². The minimum absolute atomic E-state index is 0.725. The van der Waals surface area contributed by atoms with E-state index in [-0.39, 0.29) is 0 Å². The number of hydrogen-bond donors (Lipinski definition) is 2. The van der Waals surface area contributed by atoms with Crippen molar-refractivity contribution in [1.82, 2.24) is 0 Å². The molecule has 28 heavy (non-hydrogen) atoms. The molecule has 0 amide bonds. The Hall–Kier alpha value is -3.66. The fraction of sp³-hybridized carbons (Fsp3) is 0.0833. The van der Waals surface area contributed by atoms with Crippen LogP contribution in [0.5, 0.6) is 23.0 Å². The number of anilines is 2. The Balaban J connectivity index is 1.63. The Bertz CT molecular complexity index is 1080. The zero-order valence-corrected chi connectivity index (χ0v) is 15.9. The van der Waals surface area contributed by atoms with E-state index in [1.165, 1.54) is 0 Å². The first-order valence-electron chi connectivity index (χ1n) is 9.10. The molecule has 0 spiro atoms. The lowest BCUT2D eigenvalue weighted by Gasteiger charge is -2.12. The summed E-state index contributed by atoms with van der Waals surface area (Å²) in [6.07, 6.45) is 0. The number of ether oxygens (including phenoxy) is 2.